The van der Waals surface area contributed by atoms with E-state index in [2.05, 4.69) is 10.3 Å². The molecule has 0 atom stereocenters. The van der Waals surface area contributed by atoms with Crippen molar-refractivity contribution in [3.8, 4) is 0 Å². The van der Waals surface area contributed by atoms with Gasteiger partial charge in [0.2, 0.25) is 10.0 Å². The Bertz CT molecular complexity index is 1110. The summed E-state index contributed by atoms with van der Waals surface area (Å²) in [6.45, 7) is 4.15. The fraction of sp³-hybridized carbons (Fsp3) is 0.200. The second-order valence-electron chi connectivity index (χ2n) is 6.62. The van der Waals surface area contributed by atoms with E-state index in [0.717, 1.165) is 22.0 Å². The zero-order valence-electron chi connectivity index (χ0n) is 15.2. The minimum Gasteiger partial charge on any atom is -0.348 e. The van der Waals surface area contributed by atoms with Crippen LogP contribution in [0.2, 0.25) is 0 Å². The standard InChI is InChI=1S/C20H21N3O3S/c1-13-3-8-19-17(9-13)10-18(14(2)23-19)20(24)22-11-15-4-6-16(7-5-15)12-27(21,25)26/h3-10H,11-12H2,1-2H3,(H,22,24)(H2,21,25,26). The van der Waals surface area contributed by atoms with E-state index in [1.165, 1.54) is 0 Å². The summed E-state index contributed by atoms with van der Waals surface area (Å²) in [6.07, 6.45) is 0. The van der Waals surface area contributed by atoms with Crippen LogP contribution >= 0.6 is 0 Å². The van der Waals surface area contributed by atoms with Crippen molar-refractivity contribution < 1.29 is 13.2 Å². The van der Waals surface area contributed by atoms with E-state index in [1.54, 1.807) is 24.3 Å². The van der Waals surface area contributed by atoms with Crippen molar-refractivity contribution in [3.63, 3.8) is 0 Å². The third-order valence-corrected chi connectivity index (χ3v) is 4.99. The van der Waals surface area contributed by atoms with Gasteiger partial charge in [-0.15, -0.1) is 0 Å². The van der Waals surface area contributed by atoms with Crippen LogP contribution in [0.4, 0.5) is 0 Å². The maximum absolute atomic E-state index is 12.6. The lowest BCUT2D eigenvalue weighted by molar-refractivity contribution is 0.0950. The van der Waals surface area contributed by atoms with Crippen molar-refractivity contribution in [2.75, 3.05) is 0 Å². The molecule has 140 valence electrons. The molecule has 27 heavy (non-hydrogen) atoms. The normalized spacial score (nSPS) is 11.5. The van der Waals surface area contributed by atoms with Gasteiger partial charge in [0.25, 0.3) is 5.91 Å². The summed E-state index contributed by atoms with van der Waals surface area (Å²) in [5.74, 6) is -0.405. The third-order valence-electron chi connectivity index (χ3n) is 4.25. The first-order chi connectivity index (χ1) is 12.7. The van der Waals surface area contributed by atoms with Crippen LogP contribution in [-0.4, -0.2) is 19.3 Å². The van der Waals surface area contributed by atoms with Gasteiger partial charge >= 0.3 is 0 Å². The number of aryl methyl sites for hydroxylation is 2. The van der Waals surface area contributed by atoms with E-state index in [9.17, 15) is 13.2 Å². The van der Waals surface area contributed by atoms with E-state index in [-0.39, 0.29) is 11.7 Å². The number of aromatic nitrogens is 1. The van der Waals surface area contributed by atoms with E-state index < -0.39 is 10.0 Å². The molecular formula is C20H21N3O3S. The predicted octanol–water partition coefficient (Wildman–Crippen LogP) is 2.57. The highest BCUT2D eigenvalue weighted by Gasteiger charge is 2.12. The number of benzene rings is 2. The van der Waals surface area contributed by atoms with Crippen molar-refractivity contribution >= 4 is 26.8 Å². The molecule has 0 spiro atoms. The van der Waals surface area contributed by atoms with Crippen molar-refractivity contribution in [1.82, 2.24) is 10.3 Å². The molecule has 0 radical (unpaired) electrons. The van der Waals surface area contributed by atoms with Crippen molar-refractivity contribution in [2.45, 2.75) is 26.1 Å². The SMILES string of the molecule is Cc1ccc2nc(C)c(C(=O)NCc3ccc(CS(N)(=O)=O)cc3)cc2c1. The Kier molecular flexibility index (Phi) is 5.25. The molecule has 3 aromatic rings. The number of nitrogens with zero attached hydrogens (tertiary/aromatic N) is 1. The molecule has 0 aliphatic rings. The molecule has 6 nitrogen and oxygen atoms in total. The monoisotopic (exact) mass is 383 g/mol. The Morgan fingerprint density at radius 1 is 1.04 bits per heavy atom. The van der Waals surface area contributed by atoms with Crippen molar-refractivity contribution in [3.05, 3.63) is 76.5 Å². The summed E-state index contributed by atoms with van der Waals surface area (Å²) in [6, 6.07) is 14.7. The first-order valence-corrected chi connectivity index (χ1v) is 10.2. The molecule has 2 aromatic carbocycles. The quantitative estimate of drug-likeness (QED) is 0.707. The summed E-state index contributed by atoms with van der Waals surface area (Å²) in [5.41, 5.74) is 4.66. The highest BCUT2D eigenvalue weighted by Crippen LogP contribution is 2.18. The van der Waals surface area contributed by atoms with Crippen molar-refractivity contribution in [1.29, 1.82) is 0 Å². The molecule has 0 saturated heterocycles. The first-order valence-electron chi connectivity index (χ1n) is 8.46. The number of carbonyl (C=O) groups excluding carboxylic acids is 1. The summed E-state index contributed by atoms with van der Waals surface area (Å²) in [5, 5.41) is 8.85. The largest absolute Gasteiger partial charge is 0.348 e. The van der Waals surface area contributed by atoms with Gasteiger partial charge in [-0.1, -0.05) is 35.9 Å². The van der Waals surface area contributed by atoms with Gasteiger partial charge in [-0.25, -0.2) is 13.6 Å². The number of primary sulfonamides is 1. The maximum Gasteiger partial charge on any atom is 0.253 e. The number of nitrogens with two attached hydrogens (primary N) is 1. The molecule has 1 amide bonds. The van der Waals surface area contributed by atoms with E-state index in [0.29, 0.717) is 23.4 Å². The Balaban J connectivity index is 1.72. The second kappa shape index (κ2) is 7.46. The maximum atomic E-state index is 12.6. The Morgan fingerprint density at radius 2 is 1.70 bits per heavy atom. The zero-order valence-corrected chi connectivity index (χ0v) is 16.0. The minimum absolute atomic E-state index is 0.197. The van der Waals surface area contributed by atoms with Gasteiger partial charge in [-0.05, 0) is 43.2 Å². The van der Waals surface area contributed by atoms with Crippen LogP contribution in [0, 0.1) is 13.8 Å². The van der Waals surface area contributed by atoms with Crippen molar-refractivity contribution in [2.24, 2.45) is 5.14 Å². The van der Waals surface area contributed by atoms with Crippen LogP contribution < -0.4 is 10.5 Å². The van der Waals surface area contributed by atoms with E-state index in [1.807, 2.05) is 38.1 Å². The van der Waals surface area contributed by atoms with E-state index in [4.69, 9.17) is 5.14 Å². The van der Waals surface area contributed by atoms with Gasteiger partial charge in [-0.2, -0.15) is 0 Å². The molecule has 0 unspecified atom stereocenters. The molecule has 0 saturated carbocycles. The summed E-state index contributed by atoms with van der Waals surface area (Å²) in [4.78, 5) is 17.1. The molecule has 7 heteroatoms. The Labute approximate surface area is 158 Å². The number of carbonyl (C=O) groups is 1. The number of rotatable bonds is 5. The lowest BCUT2D eigenvalue weighted by Gasteiger charge is -2.10. The van der Waals surface area contributed by atoms with Gasteiger partial charge in [0.1, 0.15) is 0 Å². The summed E-state index contributed by atoms with van der Waals surface area (Å²) < 4.78 is 22.2. The average molecular weight is 383 g/mol. The lowest BCUT2D eigenvalue weighted by atomic mass is 10.1. The number of pyridine rings is 1. The van der Waals surface area contributed by atoms with Gasteiger partial charge in [0.15, 0.2) is 0 Å². The van der Waals surface area contributed by atoms with Crippen LogP contribution in [0.5, 0.6) is 0 Å². The zero-order chi connectivity index (χ0) is 19.6. The molecule has 1 aromatic heterocycles. The molecule has 3 N–H and O–H groups in total. The third kappa shape index (κ3) is 4.90. The van der Waals surface area contributed by atoms with E-state index >= 15 is 0 Å². The minimum atomic E-state index is -3.55. The second-order valence-corrected chi connectivity index (χ2v) is 8.24. The number of fused-ring (bicyclic) bond motifs is 1. The molecule has 0 aliphatic heterocycles. The van der Waals surface area contributed by atoms with Crippen LogP contribution in [0.3, 0.4) is 0 Å². The van der Waals surface area contributed by atoms with Crippen LogP contribution in [-0.2, 0) is 22.3 Å². The van der Waals surface area contributed by atoms with Gasteiger partial charge in [-0.3, -0.25) is 9.78 Å². The Morgan fingerprint density at radius 3 is 2.37 bits per heavy atom. The number of hydrogen-bond donors (Lipinski definition) is 2. The predicted molar refractivity (Wildman–Crippen MR) is 106 cm³/mol. The highest BCUT2D eigenvalue weighted by molar-refractivity contribution is 7.88. The van der Waals surface area contributed by atoms with Gasteiger partial charge < -0.3 is 5.32 Å². The lowest BCUT2D eigenvalue weighted by Crippen LogP contribution is -2.24. The van der Waals surface area contributed by atoms with Crippen LogP contribution in [0.25, 0.3) is 10.9 Å². The first kappa shape index (κ1) is 19.0. The number of sulfonamides is 1. The van der Waals surface area contributed by atoms with Crippen LogP contribution in [0.15, 0.2) is 48.5 Å². The summed E-state index contributed by atoms with van der Waals surface area (Å²) in [7, 11) is -3.55. The van der Waals surface area contributed by atoms with Gasteiger partial charge in [0.05, 0.1) is 22.5 Å². The smallest absolute Gasteiger partial charge is 0.253 e. The molecule has 3 rings (SSSR count). The molecule has 0 bridgehead atoms. The molecule has 0 fully saturated rings. The number of amides is 1. The fourth-order valence-corrected chi connectivity index (χ4v) is 3.54. The van der Waals surface area contributed by atoms with Crippen LogP contribution in [0.1, 0.15) is 32.7 Å². The molecular weight excluding hydrogens is 362 g/mol. The fourth-order valence-electron chi connectivity index (χ4n) is 2.89. The molecule has 1 heterocycles. The van der Waals surface area contributed by atoms with Gasteiger partial charge in [0, 0.05) is 11.9 Å². The summed E-state index contributed by atoms with van der Waals surface area (Å²) >= 11 is 0. The number of nitrogens with one attached hydrogen (secondary N) is 1. The molecule has 0 aliphatic carbocycles. The topological polar surface area (TPSA) is 102 Å². The highest BCUT2D eigenvalue weighted by atomic mass is 32.2. The number of hydrogen-bond acceptors (Lipinski definition) is 4. The average Bonchev–Trinajstić information content (AvgIpc) is 2.59. The Hall–Kier alpha value is -2.77.